The molecule has 8 nitrogen and oxygen atoms in total. The highest BCUT2D eigenvalue weighted by atomic mass is 16.6. The molecule has 0 bridgehead atoms. The van der Waals surface area contributed by atoms with E-state index < -0.39 is 47.7 Å². The summed E-state index contributed by atoms with van der Waals surface area (Å²) in [6, 6.07) is 6.83. The number of carbonyl (C=O) groups is 3. The molecule has 4 atom stereocenters. The average Bonchev–Trinajstić information content (AvgIpc) is 2.67. The zero-order valence-corrected chi connectivity index (χ0v) is 18.3. The summed E-state index contributed by atoms with van der Waals surface area (Å²) in [5.74, 6) is -2.80. The summed E-state index contributed by atoms with van der Waals surface area (Å²) in [6.45, 7) is 8.52. The van der Waals surface area contributed by atoms with Crippen molar-refractivity contribution in [3.63, 3.8) is 0 Å². The fourth-order valence-electron chi connectivity index (χ4n) is 2.84. The van der Waals surface area contributed by atoms with Crippen molar-refractivity contribution in [3.05, 3.63) is 35.9 Å². The molecule has 8 heteroatoms. The molecule has 0 aliphatic heterocycles. The lowest BCUT2D eigenvalue weighted by Gasteiger charge is -2.29. The first-order valence-corrected chi connectivity index (χ1v) is 10.2. The Morgan fingerprint density at radius 1 is 1.10 bits per heavy atom. The molecule has 3 unspecified atom stereocenters. The van der Waals surface area contributed by atoms with Crippen LogP contribution >= 0.6 is 0 Å². The summed E-state index contributed by atoms with van der Waals surface area (Å²) in [7, 11) is 0. The fraction of sp³-hybridized carbons (Fsp3) is 0.591. The van der Waals surface area contributed by atoms with Crippen molar-refractivity contribution in [1.29, 1.82) is 0 Å². The zero-order chi connectivity index (χ0) is 22.9. The molecule has 0 aromatic heterocycles. The molecule has 0 radical (unpaired) electrons. The Bertz CT molecular complexity index is 701. The van der Waals surface area contributed by atoms with Gasteiger partial charge >= 0.3 is 12.1 Å². The van der Waals surface area contributed by atoms with Gasteiger partial charge in [-0.1, -0.05) is 50.1 Å². The van der Waals surface area contributed by atoms with Crippen LogP contribution in [-0.2, 0) is 14.3 Å². The second kappa shape index (κ2) is 11.5. The Morgan fingerprint density at radius 2 is 1.70 bits per heavy atom. The number of aliphatic hydroxyl groups is 1. The molecule has 1 rings (SSSR count). The van der Waals surface area contributed by atoms with Crippen molar-refractivity contribution < 1.29 is 29.3 Å². The van der Waals surface area contributed by atoms with Gasteiger partial charge in [0.15, 0.2) is 0 Å². The number of hydrogen-bond acceptors (Lipinski definition) is 5. The van der Waals surface area contributed by atoms with Gasteiger partial charge in [0.1, 0.15) is 11.6 Å². The van der Waals surface area contributed by atoms with Gasteiger partial charge in [-0.15, -0.1) is 0 Å². The number of alkyl carbamates (subject to hydrolysis) is 1. The molecule has 0 spiro atoms. The predicted molar refractivity (Wildman–Crippen MR) is 113 cm³/mol. The van der Waals surface area contributed by atoms with E-state index in [2.05, 4.69) is 10.6 Å². The second-order valence-corrected chi connectivity index (χ2v) is 8.36. The maximum absolute atomic E-state index is 13.0. The third kappa shape index (κ3) is 8.41. The molecule has 0 aliphatic rings. The van der Waals surface area contributed by atoms with E-state index >= 15 is 0 Å². The summed E-state index contributed by atoms with van der Waals surface area (Å²) in [5.41, 5.74) is -0.145. The summed E-state index contributed by atoms with van der Waals surface area (Å²) in [4.78, 5) is 36.5. The number of carbonyl (C=O) groups excluding carboxylic acids is 2. The SMILES string of the molecule is CCCC[C@H](NC(=O)OC(C)(C)C)C(=O)NC(c1ccccc1)C(O)C(C)C(=O)O. The van der Waals surface area contributed by atoms with E-state index in [9.17, 15) is 24.6 Å². The minimum Gasteiger partial charge on any atom is -0.481 e. The molecular formula is C22H34N2O6. The van der Waals surface area contributed by atoms with Crippen LogP contribution in [0.25, 0.3) is 0 Å². The van der Waals surface area contributed by atoms with Crippen LogP contribution in [0.15, 0.2) is 30.3 Å². The number of carboxylic acid groups (broad SMARTS) is 1. The standard InChI is InChI=1S/C22H34N2O6/c1-6-7-13-16(23-21(29)30-22(3,4)5)19(26)24-17(15-11-9-8-10-12-15)18(25)14(2)20(27)28/h8-12,14,16-18,25H,6-7,13H2,1-5H3,(H,23,29)(H,24,26)(H,27,28)/t14?,16-,17?,18?/m0/s1. The minimum atomic E-state index is -1.36. The highest BCUT2D eigenvalue weighted by Crippen LogP contribution is 2.23. The van der Waals surface area contributed by atoms with Crippen LogP contribution in [0.5, 0.6) is 0 Å². The van der Waals surface area contributed by atoms with Crippen LogP contribution in [-0.4, -0.2) is 45.9 Å². The number of carboxylic acids is 1. The average molecular weight is 423 g/mol. The van der Waals surface area contributed by atoms with Crippen molar-refractivity contribution in [1.82, 2.24) is 10.6 Å². The summed E-state index contributed by atoms with van der Waals surface area (Å²) < 4.78 is 5.25. The third-order valence-electron chi connectivity index (χ3n) is 4.55. The quantitative estimate of drug-likeness (QED) is 0.459. The fourth-order valence-corrected chi connectivity index (χ4v) is 2.84. The van der Waals surface area contributed by atoms with Gasteiger partial charge in [0, 0.05) is 0 Å². The Balaban J connectivity index is 3.06. The van der Waals surface area contributed by atoms with Crippen LogP contribution in [0.4, 0.5) is 4.79 Å². The van der Waals surface area contributed by atoms with E-state index in [1.165, 1.54) is 6.92 Å². The van der Waals surface area contributed by atoms with Gasteiger partial charge in [-0.3, -0.25) is 9.59 Å². The van der Waals surface area contributed by atoms with Crippen LogP contribution in [0, 0.1) is 5.92 Å². The highest BCUT2D eigenvalue weighted by Gasteiger charge is 2.33. The van der Waals surface area contributed by atoms with Gasteiger partial charge in [0.25, 0.3) is 0 Å². The molecule has 1 aromatic rings. The van der Waals surface area contributed by atoms with E-state index in [1.807, 2.05) is 6.92 Å². The number of benzene rings is 1. The number of ether oxygens (including phenoxy) is 1. The monoisotopic (exact) mass is 422 g/mol. The van der Waals surface area contributed by atoms with Crippen molar-refractivity contribution in [2.75, 3.05) is 0 Å². The van der Waals surface area contributed by atoms with Crippen molar-refractivity contribution >= 4 is 18.0 Å². The van der Waals surface area contributed by atoms with Crippen LogP contribution < -0.4 is 10.6 Å². The van der Waals surface area contributed by atoms with Gasteiger partial charge in [-0.2, -0.15) is 0 Å². The summed E-state index contributed by atoms with van der Waals surface area (Å²) in [5, 5.41) is 25.2. The predicted octanol–water partition coefficient (Wildman–Crippen LogP) is 3.01. The van der Waals surface area contributed by atoms with Gasteiger partial charge in [0.05, 0.1) is 18.1 Å². The lowest BCUT2D eigenvalue weighted by molar-refractivity contribution is -0.146. The third-order valence-corrected chi connectivity index (χ3v) is 4.55. The zero-order valence-electron chi connectivity index (χ0n) is 18.3. The Hall–Kier alpha value is -2.61. The molecule has 0 saturated carbocycles. The number of aliphatic carboxylic acids is 1. The molecule has 168 valence electrons. The van der Waals surface area contributed by atoms with E-state index in [-0.39, 0.29) is 0 Å². The van der Waals surface area contributed by atoms with Gasteiger partial charge in [-0.05, 0) is 39.7 Å². The highest BCUT2D eigenvalue weighted by molar-refractivity contribution is 5.86. The largest absolute Gasteiger partial charge is 0.481 e. The van der Waals surface area contributed by atoms with E-state index in [1.54, 1.807) is 51.1 Å². The Labute approximate surface area is 178 Å². The number of hydrogen-bond donors (Lipinski definition) is 4. The Kier molecular flexibility index (Phi) is 9.78. The van der Waals surface area contributed by atoms with Crippen molar-refractivity contribution in [2.45, 2.75) is 77.7 Å². The molecular weight excluding hydrogens is 388 g/mol. The molecule has 1 aromatic carbocycles. The molecule has 0 aliphatic carbocycles. The number of unbranched alkanes of at least 4 members (excludes halogenated alkanes) is 1. The first kappa shape index (κ1) is 25.4. The van der Waals surface area contributed by atoms with Crippen LogP contribution in [0.2, 0.25) is 0 Å². The Morgan fingerprint density at radius 3 is 2.20 bits per heavy atom. The topological polar surface area (TPSA) is 125 Å². The van der Waals surface area contributed by atoms with Crippen LogP contribution in [0.1, 0.15) is 65.5 Å². The van der Waals surface area contributed by atoms with E-state index in [0.29, 0.717) is 18.4 Å². The van der Waals surface area contributed by atoms with Crippen molar-refractivity contribution in [3.8, 4) is 0 Å². The smallest absolute Gasteiger partial charge is 0.408 e. The second-order valence-electron chi connectivity index (χ2n) is 8.36. The normalized spacial score (nSPS) is 15.4. The van der Waals surface area contributed by atoms with Crippen LogP contribution in [0.3, 0.4) is 0 Å². The van der Waals surface area contributed by atoms with Gasteiger partial charge < -0.3 is 25.6 Å². The van der Waals surface area contributed by atoms with E-state index in [0.717, 1.165) is 6.42 Å². The first-order valence-electron chi connectivity index (χ1n) is 10.2. The number of aliphatic hydroxyl groups excluding tert-OH is 1. The first-order chi connectivity index (χ1) is 14.0. The molecule has 0 heterocycles. The summed E-state index contributed by atoms with van der Waals surface area (Å²) >= 11 is 0. The maximum atomic E-state index is 13.0. The number of nitrogens with one attached hydrogen (secondary N) is 2. The van der Waals surface area contributed by atoms with Crippen molar-refractivity contribution in [2.24, 2.45) is 5.92 Å². The lowest BCUT2D eigenvalue weighted by Crippen LogP contribution is -2.51. The maximum Gasteiger partial charge on any atom is 0.408 e. The molecule has 30 heavy (non-hydrogen) atoms. The summed E-state index contributed by atoms with van der Waals surface area (Å²) in [6.07, 6.45) is -0.177. The van der Waals surface area contributed by atoms with Gasteiger partial charge in [-0.25, -0.2) is 4.79 Å². The lowest BCUT2D eigenvalue weighted by atomic mass is 9.92. The molecule has 2 amide bonds. The number of amides is 2. The minimum absolute atomic E-state index is 0.383. The van der Waals surface area contributed by atoms with Gasteiger partial charge in [0.2, 0.25) is 5.91 Å². The molecule has 4 N–H and O–H groups in total. The molecule has 0 fully saturated rings. The number of rotatable bonds is 10. The molecule has 0 saturated heterocycles. The van der Waals surface area contributed by atoms with E-state index in [4.69, 9.17) is 4.74 Å².